The van der Waals surface area contributed by atoms with Crippen molar-refractivity contribution in [1.82, 2.24) is 20.1 Å². The molecule has 2 fully saturated rings. The number of carbonyl (C=O) groups excluding carboxylic acids is 1. The van der Waals surface area contributed by atoms with Crippen molar-refractivity contribution in [3.05, 3.63) is 16.1 Å². The van der Waals surface area contributed by atoms with Crippen molar-refractivity contribution in [2.45, 2.75) is 45.2 Å². The molecular weight excluding hydrogens is 296 g/mol. The predicted molar refractivity (Wildman–Crippen MR) is 89.1 cm³/mol. The van der Waals surface area contributed by atoms with Gasteiger partial charge in [0, 0.05) is 43.8 Å². The predicted octanol–water partition coefficient (Wildman–Crippen LogP) is 2.33. The lowest BCUT2D eigenvalue weighted by Gasteiger charge is -2.21. The van der Waals surface area contributed by atoms with Gasteiger partial charge in [-0.15, -0.1) is 11.3 Å². The van der Waals surface area contributed by atoms with Crippen LogP contribution in [0.25, 0.3) is 0 Å². The van der Waals surface area contributed by atoms with Gasteiger partial charge in [0.05, 0.1) is 6.54 Å². The van der Waals surface area contributed by atoms with Crippen LogP contribution in [0.1, 0.15) is 36.1 Å². The van der Waals surface area contributed by atoms with Crippen LogP contribution in [0.2, 0.25) is 0 Å². The molecular formula is C16H26N4OS. The molecule has 2 amide bonds. The zero-order valence-electron chi connectivity index (χ0n) is 13.5. The van der Waals surface area contributed by atoms with E-state index in [1.54, 1.807) is 16.2 Å². The SMILES string of the molecule is CCc1cnc(CN(C)C(=O)NC2CCN(CC3CC3)C2)s1. The third kappa shape index (κ3) is 4.20. The highest BCUT2D eigenvalue weighted by Crippen LogP contribution is 2.30. The lowest BCUT2D eigenvalue weighted by atomic mass is 10.3. The molecule has 6 heteroatoms. The number of nitrogens with one attached hydrogen (secondary N) is 1. The maximum Gasteiger partial charge on any atom is 0.317 e. The van der Waals surface area contributed by atoms with Gasteiger partial charge >= 0.3 is 6.03 Å². The monoisotopic (exact) mass is 322 g/mol. The Morgan fingerprint density at radius 1 is 1.50 bits per heavy atom. The van der Waals surface area contributed by atoms with E-state index >= 15 is 0 Å². The third-order valence-electron chi connectivity index (χ3n) is 4.48. The highest BCUT2D eigenvalue weighted by Gasteiger charge is 2.30. The zero-order valence-corrected chi connectivity index (χ0v) is 14.4. The first kappa shape index (κ1) is 15.7. The Balaban J connectivity index is 1.42. The van der Waals surface area contributed by atoms with Gasteiger partial charge in [0.2, 0.25) is 0 Å². The van der Waals surface area contributed by atoms with Gasteiger partial charge in [-0.25, -0.2) is 9.78 Å². The summed E-state index contributed by atoms with van der Waals surface area (Å²) in [5.74, 6) is 0.926. The molecule has 1 aliphatic carbocycles. The number of aromatic nitrogens is 1. The van der Waals surface area contributed by atoms with Crippen molar-refractivity contribution in [3.8, 4) is 0 Å². The molecule has 1 saturated carbocycles. The minimum absolute atomic E-state index is 0.0199. The summed E-state index contributed by atoms with van der Waals surface area (Å²) in [7, 11) is 1.85. The summed E-state index contributed by atoms with van der Waals surface area (Å²) in [5, 5.41) is 4.18. The van der Waals surface area contributed by atoms with E-state index in [1.165, 1.54) is 24.3 Å². The Kier molecular flexibility index (Phi) is 4.98. The standard InChI is InChI=1S/C16H26N4OS/c1-3-14-8-17-15(22-14)11-19(2)16(21)18-13-6-7-20(10-13)9-12-4-5-12/h8,12-13H,3-7,9-11H2,1-2H3,(H,18,21). The van der Waals surface area contributed by atoms with Crippen molar-refractivity contribution in [3.63, 3.8) is 0 Å². The first-order valence-electron chi connectivity index (χ1n) is 8.31. The van der Waals surface area contributed by atoms with Crippen LogP contribution in [-0.4, -0.2) is 53.5 Å². The minimum atomic E-state index is 0.0199. The average molecular weight is 322 g/mol. The van der Waals surface area contributed by atoms with Crippen LogP contribution in [0.15, 0.2) is 6.20 Å². The van der Waals surface area contributed by atoms with Gasteiger partial charge in [0.25, 0.3) is 0 Å². The first-order chi connectivity index (χ1) is 10.6. The lowest BCUT2D eigenvalue weighted by Crippen LogP contribution is -2.44. The van der Waals surface area contributed by atoms with Crippen molar-refractivity contribution >= 4 is 17.4 Å². The highest BCUT2D eigenvalue weighted by molar-refractivity contribution is 7.11. The summed E-state index contributed by atoms with van der Waals surface area (Å²) < 4.78 is 0. The summed E-state index contributed by atoms with van der Waals surface area (Å²) in [6.45, 7) is 6.07. The molecule has 0 radical (unpaired) electrons. The van der Waals surface area contributed by atoms with Gasteiger partial charge in [-0.3, -0.25) is 0 Å². The first-order valence-corrected chi connectivity index (χ1v) is 9.13. The Bertz CT molecular complexity index is 514. The second kappa shape index (κ2) is 6.96. The molecule has 1 saturated heterocycles. The van der Waals surface area contributed by atoms with E-state index in [2.05, 4.69) is 22.1 Å². The molecule has 122 valence electrons. The van der Waals surface area contributed by atoms with Gasteiger partial charge in [-0.05, 0) is 31.6 Å². The molecule has 0 spiro atoms. The van der Waals surface area contributed by atoms with E-state index < -0.39 is 0 Å². The Morgan fingerprint density at radius 3 is 3.00 bits per heavy atom. The molecule has 2 aliphatic rings. The summed E-state index contributed by atoms with van der Waals surface area (Å²) in [4.78, 5) is 22.2. The second-order valence-corrected chi connectivity index (χ2v) is 7.77. The molecule has 5 nitrogen and oxygen atoms in total. The topological polar surface area (TPSA) is 48.5 Å². The Labute approximate surface area is 136 Å². The summed E-state index contributed by atoms with van der Waals surface area (Å²) in [6, 6.07) is 0.322. The van der Waals surface area contributed by atoms with E-state index in [0.29, 0.717) is 12.6 Å². The molecule has 1 aliphatic heterocycles. The molecule has 2 heterocycles. The molecule has 1 atom stereocenters. The second-order valence-electron chi connectivity index (χ2n) is 6.57. The van der Waals surface area contributed by atoms with Gasteiger partial charge in [-0.2, -0.15) is 0 Å². The minimum Gasteiger partial charge on any atom is -0.334 e. The molecule has 22 heavy (non-hydrogen) atoms. The number of rotatable bonds is 6. The highest BCUT2D eigenvalue weighted by atomic mass is 32.1. The maximum absolute atomic E-state index is 12.3. The fourth-order valence-electron chi connectivity index (χ4n) is 2.93. The van der Waals surface area contributed by atoms with E-state index in [-0.39, 0.29) is 6.03 Å². The largest absolute Gasteiger partial charge is 0.334 e. The third-order valence-corrected chi connectivity index (χ3v) is 5.61. The molecule has 1 unspecified atom stereocenters. The van der Waals surface area contributed by atoms with Crippen LogP contribution >= 0.6 is 11.3 Å². The van der Waals surface area contributed by atoms with Crippen molar-refractivity contribution in [1.29, 1.82) is 0 Å². The zero-order chi connectivity index (χ0) is 15.5. The molecule has 3 rings (SSSR count). The number of nitrogens with zero attached hydrogens (tertiary/aromatic N) is 3. The lowest BCUT2D eigenvalue weighted by molar-refractivity contribution is 0.202. The Morgan fingerprint density at radius 2 is 2.32 bits per heavy atom. The van der Waals surface area contributed by atoms with Crippen LogP contribution in [0, 0.1) is 5.92 Å². The normalized spacial score (nSPS) is 22.0. The number of urea groups is 1. The number of carbonyl (C=O) groups is 1. The van der Waals surface area contributed by atoms with Crippen molar-refractivity contribution in [2.75, 3.05) is 26.7 Å². The molecule has 0 aromatic carbocycles. The Hall–Kier alpha value is -1.14. The number of hydrogen-bond acceptors (Lipinski definition) is 4. The number of hydrogen-bond donors (Lipinski definition) is 1. The summed E-state index contributed by atoms with van der Waals surface area (Å²) >= 11 is 1.69. The number of amides is 2. The smallest absolute Gasteiger partial charge is 0.317 e. The average Bonchev–Trinajstić information content (AvgIpc) is 3.01. The maximum atomic E-state index is 12.3. The van der Waals surface area contributed by atoms with Gasteiger partial charge < -0.3 is 15.1 Å². The van der Waals surface area contributed by atoms with Gasteiger partial charge in [0.15, 0.2) is 0 Å². The molecule has 0 bridgehead atoms. The van der Waals surface area contributed by atoms with Gasteiger partial charge in [-0.1, -0.05) is 6.92 Å². The molecule has 1 aromatic heterocycles. The fraction of sp³-hybridized carbons (Fsp3) is 0.750. The molecule has 1 aromatic rings. The number of likely N-dealkylation sites (tertiary alicyclic amines) is 1. The van der Waals surface area contributed by atoms with Crippen LogP contribution in [0.4, 0.5) is 4.79 Å². The van der Waals surface area contributed by atoms with Crippen LogP contribution < -0.4 is 5.32 Å². The fourth-order valence-corrected chi connectivity index (χ4v) is 3.84. The van der Waals surface area contributed by atoms with E-state index in [0.717, 1.165) is 36.9 Å². The van der Waals surface area contributed by atoms with Crippen LogP contribution in [0.5, 0.6) is 0 Å². The summed E-state index contributed by atoms with van der Waals surface area (Å²) in [6.07, 6.45) is 6.78. The van der Waals surface area contributed by atoms with E-state index in [4.69, 9.17) is 0 Å². The van der Waals surface area contributed by atoms with Gasteiger partial charge in [0.1, 0.15) is 5.01 Å². The number of aryl methyl sites for hydroxylation is 1. The van der Waals surface area contributed by atoms with Crippen molar-refractivity contribution in [2.24, 2.45) is 5.92 Å². The quantitative estimate of drug-likeness (QED) is 0.874. The number of thiazole rings is 1. The van der Waals surface area contributed by atoms with Crippen LogP contribution in [0.3, 0.4) is 0 Å². The summed E-state index contributed by atoms with van der Waals surface area (Å²) in [5.41, 5.74) is 0. The van der Waals surface area contributed by atoms with Crippen molar-refractivity contribution < 1.29 is 4.79 Å². The van der Waals surface area contributed by atoms with E-state index in [1.807, 2.05) is 13.2 Å². The van der Waals surface area contributed by atoms with E-state index in [9.17, 15) is 4.79 Å². The molecule has 1 N–H and O–H groups in total. The van der Waals surface area contributed by atoms with Crippen LogP contribution in [-0.2, 0) is 13.0 Å².